The molecule has 4 nitrogen and oxygen atoms in total. The van der Waals surface area contributed by atoms with E-state index < -0.39 is 0 Å². The van der Waals surface area contributed by atoms with Crippen LogP contribution < -0.4 is 5.32 Å². The molecule has 1 aliphatic carbocycles. The van der Waals surface area contributed by atoms with Gasteiger partial charge in [0.2, 0.25) is 5.91 Å². The second-order valence-electron chi connectivity index (χ2n) is 6.78. The number of amides is 1. The molecule has 138 valence electrons. The summed E-state index contributed by atoms with van der Waals surface area (Å²) in [4.78, 5) is 21.9. The van der Waals surface area contributed by atoms with E-state index >= 15 is 0 Å². The first kappa shape index (κ1) is 17.9. The lowest BCUT2D eigenvalue weighted by atomic mass is 10.2. The smallest absolute Gasteiger partial charge is 0.233 e. The van der Waals surface area contributed by atoms with E-state index in [1.54, 1.807) is 12.1 Å². The topological polar surface area (TPSA) is 54.9 Å². The van der Waals surface area contributed by atoms with Crippen LogP contribution in [0.25, 0.3) is 10.9 Å². The second kappa shape index (κ2) is 7.64. The molecule has 3 aromatic rings. The van der Waals surface area contributed by atoms with Crippen LogP contribution in [0.3, 0.4) is 0 Å². The number of hydrogen-bond acceptors (Lipinski definition) is 4. The number of aromatic nitrogens is 2. The molecule has 0 saturated heterocycles. The van der Waals surface area contributed by atoms with Crippen molar-refractivity contribution in [3.63, 3.8) is 0 Å². The molecule has 1 unspecified atom stereocenters. The fraction of sp³-hybridized carbons (Fsp3) is 0.286. The van der Waals surface area contributed by atoms with E-state index in [0.717, 1.165) is 40.2 Å². The Morgan fingerprint density at radius 1 is 1.19 bits per heavy atom. The average Bonchev–Trinajstić information content (AvgIpc) is 3.52. The van der Waals surface area contributed by atoms with Gasteiger partial charge < -0.3 is 5.32 Å². The average molecular weight is 381 g/mol. The monoisotopic (exact) mass is 381 g/mol. The molecule has 1 amide bonds. The summed E-state index contributed by atoms with van der Waals surface area (Å²) in [5, 5.41) is 4.45. The third kappa shape index (κ3) is 4.27. The number of thioether (sulfide) groups is 1. The SMILES string of the molecule is CC(Sc1nc(C2CC2)nc2ccccc12)C(=O)NCc1ccc(F)cc1. The van der Waals surface area contributed by atoms with Crippen molar-refractivity contribution >= 4 is 28.6 Å². The van der Waals surface area contributed by atoms with Gasteiger partial charge >= 0.3 is 0 Å². The summed E-state index contributed by atoms with van der Waals surface area (Å²) < 4.78 is 13.0. The number of rotatable bonds is 6. The van der Waals surface area contributed by atoms with Gasteiger partial charge in [-0.1, -0.05) is 42.1 Å². The molecule has 0 aliphatic heterocycles. The van der Waals surface area contributed by atoms with Crippen molar-refractivity contribution in [2.45, 2.75) is 42.5 Å². The van der Waals surface area contributed by atoms with Crippen LogP contribution in [0.5, 0.6) is 0 Å². The van der Waals surface area contributed by atoms with Crippen LogP contribution in [0.2, 0.25) is 0 Å². The van der Waals surface area contributed by atoms with Crippen molar-refractivity contribution in [3.8, 4) is 0 Å². The zero-order valence-corrected chi connectivity index (χ0v) is 15.8. The summed E-state index contributed by atoms with van der Waals surface area (Å²) in [6.45, 7) is 2.25. The number of nitrogens with zero attached hydrogens (tertiary/aromatic N) is 2. The van der Waals surface area contributed by atoms with Gasteiger partial charge in [-0.15, -0.1) is 0 Å². The number of hydrogen-bond donors (Lipinski definition) is 1. The van der Waals surface area contributed by atoms with Crippen molar-refractivity contribution in [3.05, 3.63) is 65.7 Å². The molecule has 6 heteroatoms. The summed E-state index contributed by atoms with van der Waals surface area (Å²) in [5.41, 5.74) is 1.79. The molecule has 2 aromatic carbocycles. The molecular weight excluding hydrogens is 361 g/mol. The van der Waals surface area contributed by atoms with Crippen molar-refractivity contribution in [2.75, 3.05) is 0 Å². The lowest BCUT2D eigenvalue weighted by Gasteiger charge is -2.14. The third-order valence-electron chi connectivity index (χ3n) is 4.57. The number of halogens is 1. The highest BCUT2D eigenvalue weighted by Crippen LogP contribution is 2.40. The summed E-state index contributed by atoms with van der Waals surface area (Å²) in [7, 11) is 0. The molecular formula is C21H20FN3OS. The summed E-state index contributed by atoms with van der Waals surface area (Å²) in [6, 6.07) is 14.1. The zero-order valence-electron chi connectivity index (χ0n) is 15.0. The van der Waals surface area contributed by atoms with Gasteiger partial charge in [0.05, 0.1) is 10.8 Å². The summed E-state index contributed by atoms with van der Waals surface area (Å²) in [6.07, 6.45) is 2.27. The van der Waals surface area contributed by atoms with Crippen LogP contribution in [-0.4, -0.2) is 21.1 Å². The van der Waals surface area contributed by atoms with Crippen LogP contribution in [0, 0.1) is 5.82 Å². The van der Waals surface area contributed by atoms with Crippen LogP contribution in [0.15, 0.2) is 53.6 Å². The maximum atomic E-state index is 13.0. The number of nitrogens with one attached hydrogen (secondary N) is 1. The Morgan fingerprint density at radius 3 is 2.67 bits per heavy atom. The first-order valence-corrected chi connectivity index (χ1v) is 9.93. The predicted octanol–water partition coefficient (Wildman–Crippen LogP) is 4.44. The Balaban J connectivity index is 1.47. The lowest BCUT2D eigenvalue weighted by Crippen LogP contribution is -2.30. The molecule has 1 aromatic heterocycles. The largest absolute Gasteiger partial charge is 0.351 e. The minimum absolute atomic E-state index is 0.0695. The van der Waals surface area contributed by atoms with E-state index in [-0.39, 0.29) is 17.0 Å². The maximum absolute atomic E-state index is 13.0. The zero-order chi connectivity index (χ0) is 18.8. The van der Waals surface area contributed by atoms with E-state index in [1.165, 1.54) is 23.9 Å². The molecule has 1 fully saturated rings. The number of carbonyl (C=O) groups excluding carboxylic acids is 1. The van der Waals surface area contributed by atoms with Gasteiger partial charge in [-0.2, -0.15) is 0 Å². The molecule has 0 radical (unpaired) electrons. The van der Waals surface area contributed by atoms with Gasteiger partial charge in [-0.25, -0.2) is 14.4 Å². The van der Waals surface area contributed by atoms with Crippen LogP contribution in [-0.2, 0) is 11.3 Å². The molecule has 4 rings (SSSR count). The first-order valence-electron chi connectivity index (χ1n) is 9.05. The second-order valence-corrected chi connectivity index (χ2v) is 8.11. The number of para-hydroxylation sites is 1. The fourth-order valence-corrected chi connectivity index (χ4v) is 3.81. The summed E-state index contributed by atoms with van der Waals surface area (Å²) >= 11 is 1.45. The van der Waals surface area contributed by atoms with E-state index in [1.807, 2.05) is 31.2 Å². The maximum Gasteiger partial charge on any atom is 0.233 e. The molecule has 1 aliphatic rings. The van der Waals surface area contributed by atoms with E-state index in [2.05, 4.69) is 10.3 Å². The van der Waals surface area contributed by atoms with Gasteiger partial charge in [0.15, 0.2) is 0 Å². The standard InChI is InChI=1S/C21H20FN3OS/c1-13(20(26)23-12-14-6-10-16(22)11-7-14)27-21-17-4-2-3-5-18(17)24-19(25-21)15-8-9-15/h2-7,10-11,13,15H,8-9,12H2,1H3,(H,23,26). The molecule has 1 atom stereocenters. The highest BCUT2D eigenvalue weighted by Gasteiger charge is 2.28. The highest BCUT2D eigenvalue weighted by molar-refractivity contribution is 8.00. The fourth-order valence-electron chi connectivity index (χ4n) is 2.83. The number of benzene rings is 2. The van der Waals surface area contributed by atoms with Crippen molar-refractivity contribution in [2.24, 2.45) is 0 Å². The highest BCUT2D eigenvalue weighted by atomic mass is 32.2. The summed E-state index contributed by atoms with van der Waals surface area (Å²) in [5.74, 6) is 0.989. The van der Waals surface area contributed by atoms with Crippen LogP contribution >= 0.6 is 11.8 Å². The van der Waals surface area contributed by atoms with Crippen molar-refractivity contribution < 1.29 is 9.18 Å². The van der Waals surface area contributed by atoms with Gasteiger partial charge in [-0.05, 0) is 43.5 Å². The predicted molar refractivity (Wildman–Crippen MR) is 105 cm³/mol. The molecule has 1 heterocycles. The van der Waals surface area contributed by atoms with E-state index in [9.17, 15) is 9.18 Å². The van der Waals surface area contributed by atoms with Gasteiger partial charge in [-0.3, -0.25) is 4.79 Å². The Bertz CT molecular complexity index is 973. The Kier molecular flexibility index (Phi) is 5.07. The van der Waals surface area contributed by atoms with Crippen molar-refractivity contribution in [1.82, 2.24) is 15.3 Å². The van der Waals surface area contributed by atoms with Crippen LogP contribution in [0.1, 0.15) is 37.1 Å². The minimum atomic E-state index is -0.296. The van der Waals surface area contributed by atoms with E-state index in [0.29, 0.717) is 12.5 Å². The molecule has 0 spiro atoms. The van der Waals surface area contributed by atoms with Crippen molar-refractivity contribution in [1.29, 1.82) is 0 Å². The first-order chi connectivity index (χ1) is 13.1. The molecule has 1 saturated carbocycles. The Labute approximate surface area is 161 Å². The van der Waals surface area contributed by atoms with E-state index in [4.69, 9.17) is 4.98 Å². The van der Waals surface area contributed by atoms with Gasteiger partial charge in [0.1, 0.15) is 16.7 Å². The van der Waals surface area contributed by atoms with Gasteiger partial charge in [0.25, 0.3) is 0 Å². The molecule has 27 heavy (non-hydrogen) atoms. The molecule has 1 N–H and O–H groups in total. The lowest BCUT2D eigenvalue weighted by molar-refractivity contribution is -0.120. The minimum Gasteiger partial charge on any atom is -0.351 e. The Morgan fingerprint density at radius 2 is 1.93 bits per heavy atom. The van der Waals surface area contributed by atoms with Crippen LogP contribution in [0.4, 0.5) is 4.39 Å². The molecule has 0 bridgehead atoms. The number of fused-ring (bicyclic) bond motifs is 1. The number of carbonyl (C=O) groups is 1. The third-order valence-corrected chi connectivity index (χ3v) is 5.67. The normalized spacial score (nSPS) is 14.9. The quantitative estimate of drug-likeness (QED) is 0.506. The van der Waals surface area contributed by atoms with Gasteiger partial charge in [0, 0.05) is 17.8 Å². The Hall–Kier alpha value is -2.47.